The first-order chi connectivity index (χ1) is 18.6. The average molecular weight is 548 g/mol. The number of hydrogen-bond donors (Lipinski definition) is 0. The molecule has 6 rings (SSSR count). The third-order valence-electron chi connectivity index (χ3n) is 5.91. The molecule has 0 saturated carbocycles. The smallest absolute Gasteiger partial charge is 0.294 e. The molecule has 6 aromatic rings. The van der Waals surface area contributed by atoms with Crippen LogP contribution in [0.3, 0.4) is 0 Å². The molecule has 3 aromatic carbocycles. The first-order valence-electron chi connectivity index (χ1n) is 11.7. The third-order valence-corrected chi connectivity index (χ3v) is 7.16. The van der Waals surface area contributed by atoms with Gasteiger partial charge in [-0.25, -0.2) is 9.50 Å². The molecule has 38 heavy (non-hydrogen) atoms. The summed E-state index contributed by atoms with van der Waals surface area (Å²) in [5.41, 5.74) is 3.18. The number of benzene rings is 3. The van der Waals surface area contributed by atoms with Crippen LogP contribution in [-0.4, -0.2) is 28.8 Å². The molecule has 0 fully saturated rings. The zero-order valence-electron chi connectivity index (χ0n) is 20.5. The van der Waals surface area contributed by atoms with Crippen molar-refractivity contribution in [3.05, 3.63) is 89.1 Å². The molecule has 8 nitrogen and oxygen atoms in total. The topological polar surface area (TPSA) is 80.2 Å². The van der Waals surface area contributed by atoms with E-state index in [2.05, 4.69) is 10.1 Å². The van der Waals surface area contributed by atoms with Crippen LogP contribution >= 0.6 is 22.9 Å². The van der Waals surface area contributed by atoms with Gasteiger partial charge in [0.25, 0.3) is 5.19 Å². The van der Waals surface area contributed by atoms with Crippen LogP contribution in [-0.2, 0) is 13.2 Å². The van der Waals surface area contributed by atoms with Gasteiger partial charge in [0.2, 0.25) is 4.96 Å². The summed E-state index contributed by atoms with van der Waals surface area (Å²) in [6.45, 7) is 0.711. The van der Waals surface area contributed by atoms with E-state index in [0.717, 1.165) is 22.3 Å². The molecule has 3 aromatic heterocycles. The predicted octanol–water partition coefficient (Wildman–Crippen LogP) is 7.03. The Balaban J connectivity index is 1.22. The zero-order valence-corrected chi connectivity index (χ0v) is 22.1. The largest absolute Gasteiger partial charge is 0.496 e. The summed E-state index contributed by atoms with van der Waals surface area (Å²) >= 11 is 7.60. The number of imidazole rings is 1. The molecule has 192 valence electrons. The lowest BCUT2D eigenvalue weighted by Gasteiger charge is -2.11. The molecular weight excluding hydrogens is 526 g/mol. The SMILES string of the molecule is COc1cc(OCc2cccc(OCc3ccccc3Cl)c2)c2cc(-c3cn4nc(OC)sc4n3)oc2c1. The fourth-order valence-corrected chi connectivity index (χ4v) is 4.88. The van der Waals surface area contributed by atoms with Crippen molar-refractivity contribution in [3.8, 4) is 33.9 Å². The second kappa shape index (κ2) is 10.3. The molecule has 0 bridgehead atoms. The maximum Gasteiger partial charge on any atom is 0.294 e. The molecule has 10 heteroatoms. The van der Waals surface area contributed by atoms with Gasteiger partial charge in [0, 0.05) is 22.7 Å². The molecule has 0 spiro atoms. The summed E-state index contributed by atoms with van der Waals surface area (Å²) in [5.74, 6) is 2.60. The highest BCUT2D eigenvalue weighted by molar-refractivity contribution is 7.18. The zero-order chi connectivity index (χ0) is 26.1. The Morgan fingerprint density at radius 2 is 1.82 bits per heavy atom. The summed E-state index contributed by atoms with van der Waals surface area (Å²) in [7, 11) is 3.19. The van der Waals surface area contributed by atoms with Gasteiger partial charge in [-0.05, 0) is 41.2 Å². The lowest BCUT2D eigenvalue weighted by atomic mass is 10.2. The second-order valence-corrected chi connectivity index (χ2v) is 9.72. The molecule has 0 aliphatic carbocycles. The summed E-state index contributed by atoms with van der Waals surface area (Å²) in [5, 5.41) is 6.37. The lowest BCUT2D eigenvalue weighted by Crippen LogP contribution is -1.99. The summed E-state index contributed by atoms with van der Waals surface area (Å²) in [4.78, 5) is 5.33. The number of halogens is 1. The highest BCUT2D eigenvalue weighted by Gasteiger charge is 2.17. The minimum Gasteiger partial charge on any atom is -0.496 e. The Morgan fingerprint density at radius 1 is 0.921 bits per heavy atom. The van der Waals surface area contributed by atoms with E-state index in [1.807, 2.05) is 66.7 Å². The van der Waals surface area contributed by atoms with Crippen molar-refractivity contribution in [3.63, 3.8) is 0 Å². The van der Waals surface area contributed by atoms with E-state index >= 15 is 0 Å². The number of methoxy groups -OCH3 is 2. The van der Waals surface area contributed by atoms with Crippen molar-refractivity contribution >= 4 is 38.9 Å². The van der Waals surface area contributed by atoms with Crippen LogP contribution in [0.5, 0.6) is 22.4 Å². The van der Waals surface area contributed by atoms with Crippen molar-refractivity contribution in [2.75, 3.05) is 14.2 Å². The minimum atomic E-state index is 0.329. The van der Waals surface area contributed by atoms with Gasteiger partial charge in [-0.2, -0.15) is 0 Å². The van der Waals surface area contributed by atoms with Crippen LogP contribution in [0.15, 0.2) is 77.3 Å². The van der Waals surface area contributed by atoms with Crippen molar-refractivity contribution in [2.24, 2.45) is 0 Å². The molecular formula is C28H22ClN3O5S. The fraction of sp³-hybridized carbons (Fsp3) is 0.143. The van der Waals surface area contributed by atoms with E-state index in [0.29, 0.717) is 56.9 Å². The highest BCUT2D eigenvalue weighted by atomic mass is 35.5. The number of hydrogen-bond acceptors (Lipinski definition) is 8. The molecule has 0 radical (unpaired) electrons. The van der Waals surface area contributed by atoms with Crippen LogP contribution < -0.4 is 18.9 Å². The van der Waals surface area contributed by atoms with Gasteiger partial charge < -0.3 is 23.4 Å². The van der Waals surface area contributed by atoms with Gasteiger partial charge in [0.1, 0.15) is 41.7 Å². The third kappa shape index (κ3) is 4.85. The minimum absolute atomic E-state index is 0.329. The number of rotatable bonds is 9. The monoisotopic (exact) mass is 547 g/mol. The predicted molar refractivity (Wildman–Crippen MR) is 146 cm³/mol. The normalized spacial score (nSPS) is 11.2. The van der Waals surface area contributed by atoms with E-state index in [1.54, 1.807) is 24.9 Å². The Bertz CT molecular complexity index is 1710. The maximum absolute atomic E-state index is 6.25. The van der Waals surface area contributed by atoms with E-state index < -0.39 is 0 Å². The van der Waals surface area contributed by atoms with E-state index in [1.165, 1.54) is 11.3 Å². The molecule has 0 saturated heterocycles. The van der Waals surface area contributed by atoms with Gasteiger partial charge >= 0.3 is 0 Å². The summed E-state index contributed by atoms with van der Waals surface area (Å²) in [6.07, 6.45) is 1.80. The Labute approximate surface area is 226 Å². The fourth-order valence-electron chi connectivity index (χ4n) is 3.99. The second-order valence-electron chi connectivity index (χ2n) is 8.39. The molecule has 0 aliphatic heterocycles. The number of furan rings is 1. The Hall–Kier alpha value is -4.21. The van der Waals surface area contributed by atoms with Gasteiger partial charge in [-0.15, -0.1) is 5.10 Å². The Kier molecular flexibility index (Phi) is 6.53. The molecule has 0 amide bonds. The molecule has 0 aliphatic rings. The van der Waals surface area contributed by atoms with E-state index in [-0.39, 0.29) is 0 Å². The number of nitrogens with zero attached hydrogens (tertiary/aromatic N) is 3. The lowest BCUT2D eigenvalue weighted by molar-refractivity contribution is 0.296. The van der Waals surface area contributed by atoms with Gasteiger partial charge in [-0.3, -0.25) is 0 Å². The van der Waals surface area contributed by atoms with Crippen molar-refractivity contribution < 1.29 is 23.4 Å². The molecule has 0 N–H and O–H groups in total. The van der Waals surface area contributed by atoms with Gasteiger partial charge in [0.05, 0.1) is 25.8 Å². The first-order valence-corrected chi connectivity index (χ1v) is 12.9. The standard InChI is InChI=1S/C28H22ClN3O5S/c1-33-20-11-24(36-15-17-6-5-8-19(10-17)35-16-18-7-3-4-9-22(18)29)21-13-26(37-25(21)12-20)23-14-32-27(30-23)38-28(31-32)34-2/h3-14H,15-16H2,1-2H3. The number of fused-ring (bicyclic) bond motifs is 2. The van der Waals surface area contributed by atoms with Gasteiger partial charge in [-0.1, -0.05) is 41.9 Å². The Morgan fingerprint density at radius 3 is 2.63 bits per heavy atom. The number of ether oxygens (including phenoxy) is 4. The van der Waals surface area contributed by atoms with Gasteiger partial charge in [0.15, 0.2) is 5.76 Å². The highest BCUT2D eigenvalue weighted by Crippen LogP contribution is 2.37. The molecule has 0 atom stereocenters. The van der Waals surface area contributed by atoms with E-state index in [9.17, 15) is 0 Å². The average Bonchev–Trinajstić information content (AvgIpc) is 3.64. The number of aromatic nitrogens is 3. The van der Waals surface area contributed by atoms with Crippen LogP contribution in [0.4, 0.5) is 0 Å². The quantitative estimate of drug-likeness (QED) is 0.192. The van der Waals surface area contributed by atoms with Crippen LogP contribution in [0, 0.1) is 0 Å². The molecule has 0 unspecified atom stereocenters. The maximum atomic E-state index is 6.25. The van der Waals surface area contributed by atoms with Crippen molar-refractivity contribution in [1.82, 2.24) is 14.6 Å². The molecule has 3 heterocycles. The van der Waals surface area contributed by atoms with Crippen molar-refractivity contribution in [1.29, 1.82) is 0 Å². The summed E-state index contributed by atoms with van der Waals surface area (Å²) < 4.78 is 30.7. The van der Waals surface area contributed by atoms with Crippen LogP contribution in [0.2, 0.25) is 5.02 Å². The first kappa shape index (κ1) is 24.1. The van der Waals surface area contributed by atoms with Crippen LogP contribution in [0.25, 0.3) is 27.4 Å². The van der Waals surface area contributed by atoms with Crippen molar-refractivity contribution in [2.45, 2.75) is 13.2 Å². The van der Waals surface area contributed by atoms with Crippen LogP contribution in [0.1, 0.15) is 11.1 Å². The van der Waals surface area contributed by atoms with E-state index in [4.69, 9.17) is 35.0 Å². The summed E-state index contributed by atoms with van der Waals surface area (Å²) in [6, 6.07) is 21.0.